The van der Waals surface area contributed by atoms with Crippen LogP contribution in [0.2, 0.25) is 0 Å². The first-order valence-corrected chi connectivity index (χ1v) is 5.01. The van der Waals surface area contributed by atoms with Gasteiger partial charge in [-0.05, 0) is 35.7 Å². The minimum Gasteiger partial charge on any atom is -0.494 e. The Balaban J connectivity index is 2.20. The number of nitrogens with zero attached hydrogens (tertiary/aromatic N) is 1. The van der Waals surface area contributed by atoms with Gasteiger partial charge in [-0.3, -0.25) is 4.98 Å². The first kappa shape index (κ1) is 10.6. The molecule has 82 valence electrons. The van der Waals surface area contributed by atoms with Crippen molar-refractivity contribution < 1.29 is 9.13 Å². The van der Waals surface area contributed by atoms with Gasteiger partial charge in [0, 0.05) is 12.4 Å². The van der Waals surface area contributed by atoms with Gasteiger partial charge in [0.05, 0.1) is 7.11 Å². The Morgan fingerprint density at radius 2 is 2.12 bits per heavy atom. The normalized spacial score (nSPS) is 10.1. The lowest BCUT2D eigenvalue weighted by Crippen LogP contribution is -1.92. The minimum atomic E-state index is -0.330. The lowest BCUT2D eigenvalue weighted by atomic mass is 10.1. The summed E-state index contributed by atoms with van der Waals surface area (Å²) >= 11 is 0. The molecular formula is C13H12FNO. The molecule has 0 atom stereocenters. The molecule has 0 fully saturated rings. The fourth-order valence-corrected chi connectivity index (χ4v) is 1.56. The second-order valence-electron chi connectivity index (χ2n) is 3.51. The molecule has 0 aliphatic carbocycles. The van der Waals surface area contributed by atoms with Gasteiger partial charge in [0.25, 0.3) is 0 Å². The number of benzene rings is 1. The van der Waals surface area contributed by atoms with Crippen molar-refractivity contribution in [2.24, 2.45) is 0 Å². The predicted molar refractivity (Wildman–Crippen MR) is 60.0 cm³/mol. The van der Waals surface area contributed by atoms with Gasteiger partial charge in [-0.2, -0.15) is 0 Å². The molecular weight excluding hydrogens is 205 g/mol. The third-order valence-electron chi connectivity index (χ3n) is 2.35. The van der Waals surface area contributed by atoms with Crippen molar-refractivity contribution in [3.63, 3.8) is 0 Å². The van der Waals surface area contributed by atoms with Crippen molar-refractivity contribution in [2.75, 3.05) is 7.11 Å². The van der Waals surface area contributed by atoms with E-state index in [0.29, 0.717) is 6.42 Å². The summed E-state index contributed by atoms with van der Waals surface area (Å²) in [6, 6.07) is 8.83. The van der Waals surface area contributed by atoms with E-state index in [1.54, 1.807) is 18.5 Å². The SMILES string of the molecule is COc1ccc(Cc2cccnc2)cc1F. The van der Waals surface area contributed by atoms with E-state index in [1.165, 1.54) is 13.2 Å². The molecule has 0 saturated carbocycles. The number of aromatic nitrogens is 1. The largest absolute Gasteiger partial charge is 0.494 e. The van der Waals surface area contributed by atoms with E-state index in [-0.39, 0.29) is 11.6 Å². The standard InChI is InChI=1S/C13H12FNO/c1-16-13-5-4-10(8-12(13)14)7-11-3-2-6-15-9-11/h2-6,8-9H,7H2,1H3. The summed E-state index contributed by atoms with van der Waals surface area (Å²) in [6.45, 7) is 0. The molecule has 0 N–H and O–H groups in total. The molecule has 0 radical (unpaired) electrons. The molecule has 1 heterocycles. The summed E-state index contributed by atoms with van der Waals surface area (Å²) in [5.41, 5.74) is 1.97. The first-order chi connectivity index (χ1) is 7.79. The third kappa shape index (κ3) is 2.37. The van der Waals surface area contributed by atoms with Gasteiger partial charge in [-0.15, -0.1) is 0 Å². The van der Waals surface area contributed by atoms with Crippen LogP contribution in [0.25, 0.3) is 0 Å². The van der Waals surface area contributed by atoms with E-state index in [1.807, 2.05) is 18.2 Å². The van der Waals surface area contributed by atoms with Crippen molar-refractivity contribution in [2.45, 2.75) is 6.42 Å². The highest BCUT2D eigenvalue weighted by atomic mass is 19.1. The number of pyridine rings is 1. The van der Waals surface area contributed by atoms with E-state index in [9.17, 15) is 4.39 Å². The number of ether oxygens (including phenoxy) is 1. The monoisotopic (exact) mass is 217 g/mol. The van der Waals surface area contributed by atoms with Crippen LogP contribution in [0.5, 0.6) is 5.75 Å². The summed E-state index contributed by atoms with van der Waals surface area (Å²) in [7, 11) is 1.46. The molecule has 2 nitrogen and oxygen atoms in total. The second kappa shape index (κ2) is 4.75. The maximum Gasteiger partial charge on any atom is 0.165 e. The smallest absolute Gasteiger partial charge is 0.165 e. The van der Waals surface area contributed by atoms with Gasteiger partial charge in [0.15, 0.2) is 11.6 Å². The number of hydrogen-bond acceptors (Lipinski definition) is 2. The van der Waals surface area contributed by atoms with Crippen LogP contribution < -0.4 is 4.74 Å². The average Bonchev–Trinajstić information content (AvgIpc) is 2.31. The molecule has 0 aliphatic rings. The molecule has 1 aromatic carbocycles. The lowest BCUT2D eigenvalue weighted by Gasteiger charge is -2.05. The average molecular weight is 217 g/mol. The molecule has 0 amide bonds. The van der Waals surface area contributed by atoms with E-state index in [2.05, 4.69) is 4.98 Å². The Hall–Kier alpha value is -1.90. The van der Waals surface area contributed by atoms with Crippen molar-refractivity contribution in [3.05, 3.63) is 59.7 Å². The molecule has 0 aliphatic heterocycles. The van der Waals surface area contributed by atoms with E-state index >= 15 is 0 Å². The maximum atomic E-state index is 13.4. The van der Waals surface area contributed by atoms with E-state index in [4.69, 9.17) is 4.74 Å². The maximum absolute atomic E-state index is 13.4. The van der Waals surface area contributed by atoms with Crippen LogP contribution in [0.1, 0.15) is 11.1 Å². The van der Waals surface area contributed by atoms with Crippen LogP contribution >= 0.6 is 0 Å². The highest BCUT2D eigenvalue weighted by Gasteiger charge is 2.03. The van der Waals surface area contributed by atoms with Crippen molar-refractivity contribution >= 4 is 0 Å². The Labute approximate surface area is 93.7 Å². The molecule has 2 rings (SSSR count). The number of hydrogen-bond donors (Lipinski definition) is 0. The summed E-state index contributed by atoms with van der Waals surface area (Å²) < 4.78 is 18.3. The molecule has 0 spiro atoms. The zero-order valence-electron chi connectivity index (χ0n) is 8.98. The molecule has 0 saturated heterocycles. The molecule has 0 bridgehead atoms. The van der Waals surface area contributed by atoms with Gasteiger partial charge >= 0.3 is 0 Å². The van der Waals surface area contributed by atoms with Crippen LogP contribution in [0.15, 0.2) is 42.7 Å². The highest BCUT2D eigenvalue weighted by Crippen LogP contribution is 2.19. The minimum absolute atomic E-state index is 0.273. The number of halogens is 1. The van der Waals surface area contributed by atoms with Gasteiger partial charge in [0.2, 0.25) is 0 Å². The van der Waals surface area contributed by atoms with Gasteiger partial charge in [0.1, 0.15) is 0 Å². The number of methoxy groups -OCH3 is 1. The fraction of sp³-hybridized carbons (Fsp3) is 0.154. The Kier molecular flexibility index (Phi) is 3.15. The quantitative estimate of drug-likeness (QED) is 0.788. The molecule has 3 heteroatoms. The van der Waals surface area contributed by atoms with Crippen LogP contribution in [-0.2, 0) is 6.42 Å². The van der Waals surface area contributed by atoms with Gasteiger partial charge < -0.3 is 4.74 Å². The predicted octanol–water partition coefficient (Wildman–Crippen LogP) is 2.82. The first-order valence-electron chi connectivity index (χ1n) is 5.01. The lowest BCUT2D eigenvalue weighted by molar-refractivity contribution is 0.386. The molecule has 16 heavy (non-hydrogen) atoms. The van der Waals surface area contributed by atoms with Gasteiger partial charge in [-0.25, -0.2) is 4.39 Å². The zero-order valence-corrected chi connectivity index (χ0v) is 8.98. The number of rotatable bonds is 3. The summed E-state index contributed by atoms with van der Waals surface area (Å²) in [6.07, 6.45) is 4.18. The van der Waals surface area contributed by atoms with Crippen LogP contribution in [0.3, 0.4) is 0 Å². The topological polar surface area (TPSA) is 22.1 Å². The Bertz CT molecular complexity index is 471. The molecule has 1 aromatic heterocycles. The van der Waals surface area contributed by atoms with Crippen LogP contribution in [0.4, 0.5) is 4.39 Å². The molecule has 2 aromatic rings. The van der Waals surface area contributed by atoms with Gasteiger partial charge in [-0.1, -0.05) is 12.1 Å². The Morgan fingerprint density at radius 3 is 2.75 bits per heavy atom. The Morgan fingerprint density at radius 1 is 1.25 bits per heavy atom. The van der Waals surface area contributed by atoms with Crippen molar-refractivity contribution in [3.8, 4) is 5.75 Å². The third-order valence-corrected chi connectivity index (χ3v) is 2.35. The van der Waals surface area contributed by atoms with Crippen molar-refractivity contribution in [1.82, 2.24) is 4.98 Å². The van der Waals surface area contributed by atoms with Crippen LogP contribution in [0, 0.1) is 5.82 Å². The highest BCUT2D eigenvalue weighted by molar-refractivity contribution is 5.32. The summed E-state index contributed by atoms with van der Waals surface area (Å²) in [4.78, 5) is 4.02. The summed E-state index contributed by atoms with van der Waals surface area (Å²) in [5.74, 6) is -0.0566. The second-order valence-corrected chi connectivity index (χ2v) is 3.51. The van der Waals surface area contributed by atoms with Crippen LogP contribution in [-0.4, -0.2) is 12.1 Å². The van der Waals surface area contributed by atoms with Crippen molar-refractivity contribution in [1.29, 1.82) is 0 Å². The zero-order chi connectivity index (χ0) is 11.4. The van der Waals surface area contributed by atoms with E-state index in [0.717, 1.165) is 11.1 Å². The fourth-order valence-electron chi connectivity index (χ4n) is 1.56. The summed E-state index contributed by atoms with van der Waals surface area (Å²) in [5, 5.41) is 0. The van der Waals surface area contributed by atoms with E-state index < -0.39 is 0 Å². The molecule has 0 unspecified atom stereocenters.